The molecule has 4 aromatic carbocycles. The number of benzene rings is 4. The Morgan fingerprint density at radius 3 is 2.19 bits per heavy atom. The van der Waals surface area contributed by atoms with Crippen LogP contribution in [0.4, 0.5) is 5.69 Å². The molecule has 15 heteroatoms. The monoisotopic (exact) mass is 741 g/mol. The first kappa shape index (κ1) is 37.8. The third kappa shape index (κ3) is 10.3. The van der Waals surface area contributed by atoms with E-state index in [9.17, 15) is 39.0 Å². The van der Waals surface area contributed by atoms with Crippen LogP contribution in [0.3, 0.4) is 0 Å². The van der Waals surface area contributed by atoms with Gasteiger partial charge in [0.2, 0.25) is 17.7 Å². The average molecular weight is 742 g/mol. The molecular weight excluding hydrogens is 706 g/mol. The van der Waals surface area contributed by atoms with E-state index >= 15 is 0 Å². The van der Waals surface area contributed by atoms with E-state index in [1.165, 1.54) is 13.2 Å². The Labute approximate surface area is 307 Å². The van der Waals surface area contributed by atoms with Gasteiger partial charge in [-0.25, -0.2) is 0 Å². The molecule has 274 valence electrons. The number of anilines is 1. The number of fused-ring (bicyclic) bond motifs is 2. The Morgan fingerprint density at radius 1 is 0.717 bits per heavy atom. The van der Waals surface area contributed by atoms with E-state index in [0.29, 0.717) is 32.9 Å². The van der Waals surface area contributed by atoms with Crippen molar-refractivity contribution in [2.45, 2.75) is 43.8 Å². The number of methoxy groups -OCH3 is 1. The minimum absolute atomic E-state index is 0.0416. The van der Waals surface area contributed by atoms with Crippen molar-refractivity contribution in [1.82, 2.24) is 20.9 Å². The number of aliphatic carboxylic acids is 2. The summed E-state index contributed by atoms with van der Waals surface area (Å²) >= 11 is 6.11. The molecule has 0 aliphatic heterocycles. The number of carboxylic acid groups (broad SMARTS) is 2. The van der Waals surface area contributed by atoms with Crippen LogP contribution < -0.4 is 26.0 Å². The Balaban J connectivity index is 1.38. The highest BCUT2D eigenvalue weighted by Crippen LogP contribution is 2.21. The largest absolute Gasteiger partial charge is 0.497 e. The highest BCUT2D eigenvalue weighted by atomic mass is 35.5. The maximum atomic E-state index is 13.9. The molecular formula is C38H36ClN5O9. The number of rotatable bonds is 16. The predicted molar refractivity (Wildman–Crippen MR) is 197 cm³/mol. The van der Waals surface area contributed by atoms with Crippen LogP contribution >= 0.6 is 11.6 Å². The zero-order valence-corrected chi connectivity index (χ0v) is 29.1. The SMILES string of the molecule is COc1cccc(NC(=O)[C@H](CCC(=O)O)NC(=O)[C@H](CC(=O)O)NC(=O)[C@H](Cc2ccc3ccccc3c2)NC(=O)c2cc3cc(Cl)ccc3[nH]2)c1. The molecule has 0 saturated carbocycles. The summed E-state index contributed by atoms with van der Waals surface area (Å²) in [5.74, 6) is -5.62. The van der Waals surface area contributed by atoms with E-state index in [0.717, 1.165) is 10.8 Å². The van der Waals surface area contributed by atoms with Gasteiger partial charge in [-0.15, -0.1) is 0 Å². The van der Waals surface area contributed by atoms with Gasteiger partial charge in [0.15, 0.2) is 0 Å². The molecule has 3 atom stereocenters. The quantitative estimate of drug-likeness (QED) is 0.0768. The van der Waals surface area contributed by atoms with E-state index in [4.69, 9.17) is 16.3 Å². The molecule has 5 aromatic rings. The van der Waals surface area contributed by atoms with Crippen LogP contribution in [0.2, 0.25) is 5.02 Å². The normalized spacial score (nSPS) is 12.6. The fourth-order valence-corrected chi connectivity index (χ4v) is 5.85. The highest BCUT2D eigenvalue weighted by Gasteiger charge is 2.32. The molecule has 7 N–H and O–H groups in total. The topological polar surface area (TPSA) is 216 Å². The maximum absolute atomic E-state index is 13.9. The number of carbonyl (C=O) groups is 6. The number of nitrogens with one attached hydrogen (secondary N) is 5. The predicted octanol–water partition coefficient (Wildman–Crippen LogP) is 4.27. The van der Waals surface area contributed by atoms with Gasteiger partial charge in [0.05, 0.1) is 13.5 Å². The lowest BCUT2D eigenvalue weighted by atomic mass is 10.0. The van der Waals surface area contributed by atoms with Crippen LogP contribution in [0.5, 0.6) is 5.75 Å². The molecule has 0 bridgehead atoms. The molecule has 0 aliphatic rings. The summed E-state index contributed by atoms with van der Waals surface area (Å²) in [7, 11) is 1.43. The second-order valence-electron chi connectivity index (χ2n) is 12.2. The molecule has 5 rings (SSSR count). The first-order valence-corrected chi connectivity index (χ1v) is 16.8. The number of carboxylic acids is 2. The van der Waals surface area contributed by atoms with Crippen LogP contribution in [-0.2, 0) is 30.4 Å². The summed E-state index contributed by atoms with van der Waals surface area (Å²) in [6.45, 7) is 0. The molecule has 1 aromatic heterocycles. The first-order chi connectivity index (χ1) is 25.4. The van der Waals surface area contributed by atoms with Crippen LogP contribution in [0.15, 0.2) is 91.0 Å². The average Bonchev–Trinajstić information content (AvgIpc) is 3.56. The molecule has 14 nitrogen and oxygen atoms in total. The fourth-order valence-electron chi connectivity index (χ4n) is 5.67. The van der Waals surface area contributed by atoms with Crippen molar-refractivity contribution in [2.24, 2.45) is 0 Å². The number of halogens is 1. The second-order valence-corrected chi connectivity index (χ2v) is 12.6. The lowest BCUT2D eigenvalue weighted by Gasteiger charge is -2.25. The molecule has 53 heavy (non-hydrogen) atoms. The van der Waals surface area contributed by atoms with Gasteiger partial charge in [-0.3, -0.25) is 28.8 Å². The van der Waals surface area contributed by atoms with Gasteiger partial charge >= 0.3 is 11.9 Å². The number of hydrogen-bond acceptors (Lipinski definition) is 7. The van der Waals surface area contributed by atoms with Crippen molar-refractivity contribution in [1.29, 1.82) is 0 Å². The smallest absolute Gasteiger partial charge is 0.305 e. The minimum atomic E-state index is -1.72. The van der Waals surface area contributed by atoms with Crippen LogP contribution in [0, 0.1) is 0 Å². The number of ether oxygens (including phenoxy) is 1. The van der Waals surface area contributed by atoms with E-state index in [1.54, 1.807) is 48.5 Å². The van der Waals surface area contributed by atoms with Crippen LogP contribution in [-0.4, -0.2) is 76.0 Å². The lowest BCUT2D eigenvalue weighted by Crippen LogP contribution is -2.57. The Kier molecular flexibility index (Phi) is 12.3. The number of amides is 4. The zero-order valence-electron chi connectivity index (χ0n) is 28.4. The van der Waals surface area contributed by atoms with Gasteiger partial charge in [-0.1, -0.05) is 60.1 Å². The van der Waals surface area contributed by atoms with Crippen molar-refractivity contribution < 1.29 is 43.7 Å². The van der Waals surface area contributed by atoms with Gasteiger partial charge in [-0.05, 0) is 59.2 Å². The summed E-state index contributed by atoms with van der Waals surface area (Å²) in [5.41, 5.74) is 1.71. The van der Waals surface area contributed by atoms with Gasteiger partial charge in [0.1, 0.15) is 29.6 Å². The zero-order chi connectivity index (χ0) is 38.1. The Morgan fingerprint density at radius 2 is 1.45 bits per heavy atom. The summed E-state index contributed by atoms with van der Waals surface area (Å²) in [6, 6.07) is 21.5. The van der Waals surface area contributed by atoms with Gasteiger partial charge in [-0.2, -0.15) is 0 Å². The maximum Gasteiger partial charge on any atom is 0.305 e. The van der Waals surface area contributed by atoms with Gasteiger partial charge in [0, 0.05) is 40.5 Å². The molecule has 0 fully saturated rings. The molecule has 0 saturated heterocycles. The fraction of sp³-hybridized carbons (Fsp3) is 0.211. The van der Waals surface area contributed by atoms with Gasteiger partial charge < -0.3 is 41.2 Å². The molecule has 4 amide bonds. The van der Waals surface area contributed by atoms with Gasteiger partial charge in [0.25, 0.3) is 5.91 Å². The lowest BCUT2D eigenvalue weighted by molar-refractivity contribution is -0.141. The van der Waals surface area contributed by atoms with E-state index in [2.05, 4.69) is 26.3 Å². The van der Waals surface area contributed by atoms with Crippen molar-refractivity contribution in [2.75, 3.05) is 12.4 Å². The second kappa shape index (κ2) is 17.2. The van der Waals surface area contributed by atoms with E-state index in [1.807, 2.05) is 36.4 Å². The number of hydrogen-bond donors (Lipinski definition) is 7. The number of aromatic nitrogens is 1. The number of aromatic amines is 1. The third-order valence-corrected chi connectivity index (χ3v) is 8.57. The Bertz CT molecular complexity index is 2190. The molecule has 0 spiro atoms. The first-order valence-electron chi connectivity index (χ1n) is 16.4. The summed E-state index contributed by atoms with van der Waals surface area (Å²) in [6.07, 6.45) is -1.78. The van der Waals surface area contributed by atoms with Crippen LogP contribution in [0.1, 0.15) is 35.3 Å². The van der Waals surface area contributed by atoms with Crippen molar-refractivity contribution in [3.8, 4) is 5.75 Å². The number of H-pyrrole nitrogens is 1. The Hall–Kier alpha value is -6.41. The van der Waals surface area contributed by atoms with Crippen molar-refractivity contribution >= 4 is 74.5 Å². The minimum Gasteiger partial charge on any atom is -0.497 e. The summed E-state index contributed by atoms with van der Waals surface area (Å²) in [5, 5.41) is 32.0. The van der Waals surface area contributed by atoms with Crippen LogP contribution in [0.25, 0.3) is 21.7 Å². The summed E-state index contributed by atoms with van der Waals surface area (Å²) < 4.78 is 5.16. The molecule has 1 heterocycles. The molecule has 0 unspecified atom stereocenters. The molecule has 0 radical (unpaired) electrons. The van der Waals surface area contributed by atoms with Crippen molar-refractivity contribution in [3.63, 3.8) is 0 Å². The summed E-state index contributed by atoms with van der Waals surface area (Å²) in [4.78, 5) is 80.6. The standard InChI is InChI=1S/C38H36ClN5O9/c1-53-27-8-4-7-26(19-27)40-35(49)29(13-14-33(45)46)42-38(52)32(20-34(47)48)44-36(50)30(16-21-9-10-22-5-2-3-6-23(22)15-21)43-37(51)31-18-24-17-25(39)11-12-28(24)41-31/h2-12,15,17-19,29-30,32,41H,13-14,16,20H2,1H3,(H,40,49)(H,42,52)(H,43,51)(H,44,50)(H,45,46)(H,47,48)/t29-,30-,32-/m0/s1. The van der Waals surface area contributed by atoms with Crippen molar-refractivity contribution in [3.05, 3.63) is 107 Å². The number of carbonyl (C=O) groups excluding carboxylic acids is 4. The third-order valence-electron chi connectivity index (χ3n) is 8.33. The molecule has 0 aliphatic carbocycles. The van der Waals surface area contributed by atoms with E-state index < -0.39 is 66.5 Å². The highest BCUT2D eigenvalue weighted by molar-refractivity contribution is 6.31. The van der Waals surface area contributed by atoms with E-state index in [-0.39, 0.29) is 18.5 Å².